The number of halogens is 1. The van der Waals surface area contributed by atoms with Gasteiger partial charge in [0.2, 0.25) is 0 Å². The molecular weight excluding hydrogens is 246 g/mol. The fraction of sp³-hybridized carbons (Fsp3) is 0.200. The van der Waals surface area contributed by atoms with Gasteiger partial charge in [0.25, 0.3) is 0 Å². The maximum absolute atomic E-state index is 5.43. The van der Waals surface area contributed by atoms with E-state index in [-0.39, 0.29) is 0 Å². The average Bonchev–Trinajstić information content (AvgIpc) is 2.58. The first-order chi connectivity index (χ1) is 6.83. The molecule has 1 heterocycles. The van der Waals surface area contributed by atoms with Crippen LogP contribution in [0.1, 0.15) is 5.56 Å². The minimum Gasteiger partial charge on any atom is -0.463 e. The van der Waals surface area contributed by atoms with E-state index in [1.54, 1.807) is 6.26 Å². The molecule has 0 aliphatic rings. The van der Waals surface area contributed by atoms with Gasteiger partial charge in [-0.3, -0.25) is 0 Å². The highest BCUT2D eigenvalue weighted by Gasteiger charge is 2.07. The Morgan fingerprint density at radius 3 is 3.07 bits per heavy atom. The predicted molar refractivity (Wildman–Crippen MR) is 57.8 cm³/mol. The number of para-hydroxylation sites is 1. The number of benzene rings is 1. The van der Waals surface area contributed by atoms with Gasteiger partial charge in [-0.2, -0.15) is 0 Å². The normalized spacial score (nSPS) is 11.0. The van der Waals surface area contributed by atoms with Crippen molar-refractivity contribution in [3.63, 3.8) is 0 Å². The van der Waals surface area contributed by atoms with E-state index < -0.39 is 0 Å². The summed E-state index contributed by atoms with van der Waals surface area (Å²) in [7, 11) is 0. The molecular formula is C10H10BrNO2. The summed E-state index contributed by atoms with van der Waals surface area (Å²) in [6, 6.07) is 6.02. The number of fused-ring (bicyclic) bond motifs is 1. The quantitative estimate of drug-likeness (QED) is 0.858. The van der Waals surface area contributed by atoms with Gasteiger partial charge in [-0.15, -0.1) is 0 Å². The minimum atomic E-state index is 0.497. The maximum Gasteiger partial charge on any atom is 0.138 e. The Kier molecular flexibility index (Phi) is 2.86. The first-order valence-corrected chi connectivity index (χ1v) is 5.08. The van der Waals surface area contributed by atoms with Crippen LogP contribution in [0.2, 0.25) is 0 Å². The molecule has 0 fully saturated rings. The largest absolute Gasteiger partial charge is 0.463 e. The Balaban J connectivity index is 2.44. The lowest BCUT2D eigenvalue weighted by molar-refractivity contribution is 0.141. The van der Waals surface area contributed by atoms with Crippen LogP contribution in [0.5, 0.6) is 0 Å². The van der Waals surface area contributed by atoms with Gasteiger partial charge in [-0.1, -0.05) is 12.1 Å². The summed E-state index contributed by atoms with van der Waals surface area (Å²) in [5, 5.41) is 1.08. The molecule has 0 bridgehead atoms. The van der Waals surface area contributed by atoms with Gasteiger partial charge in [0.1, 0.15) is 11.8 Å². The molecule has 1 aromatic carbocycles. The fourth-order valence-electron chi connectivity index (χ4n) is 1.45. The Labute approximate surface area is 89.9 Å². The van der Waals surface area contributed by atoms with Crippen molar-refractivity contribution in [1.29, 1.82) is 0 Å². The molecule has 0 aliphatic carbocycles. The van der Waals surface area contributed by atoms with Crippen LogP contribution in [0, 0.1) is 0 Å². The third-order valence-corrected chi connectivity index (χ3v) is 2.74. The van der Waals surface area contributed by atoms with Gasteiger partial charge < -0.3 is 9.25 Å². The summed E-state index contributed by atoms with van der Waals surface area (Å²) >= 11 is 3.42. The first-order valence-electron chi connectivity index (χ1n) is 4.29. The standard InChI is InChI=1S/C10H10BrNO2/c11-9-6-13-10-7(4-5-14-12)2-1-3-8(9)10/h1-3,6H,4-5,12H2. The molecule has 0 spiro atoms. The summed E-state index contributed by atoms with van der Waals surface area (Å²) in [4.78, 5) is 4.55. The highest BCUT2D eigenvalue weighted by atomic mass is 79.9. The molecule has 2 aromatic rings. The van der Waals surface area contributed by atoms with E-state index in [4.69, 9.17) is 10.3 Å². The summed E-state index contributed by atoms with van der Waals surface area (Å²) in [6.45, 7) is 0.497. The topological polar surface area (TPSA) is 48.4 Å². The van der Waals surface area contributed by atoms with Crippen LogP contribution in [0.25, 0.3) is 11.0 Å². The van der Waals surface area contributed by atoms with Crippen LogP contribution in [0.4, 0.5) is 0 Å². The molecule has 3 nitrogen and oxygen atoms in total. The molecule has 0 saturated carbocycles. The Hall–Kier alpha value is -0.840. The zero-order valence-corrected chi connectivity index (χ0v) is 9.08. The van der Waals surface area contributed by atoms with Crippen LogP contribution < -0.4 is 5.90 Å². The Morgan fingerprint density at radius 1 is 1.43 bits per heavy atom. The van der Waals surface area contributed by atoms with Crippen molar-refractivity contribution in [2.75, 3.05) is 6.61 Å². The van der Waals surface area contributed by atoms with Gasteiger partial charge >= 0.3 is 0 Å². The number of hydrogen-bond donors (Lipinski definition) is 1. The number of rotatable bonds is 3. The van der Waals surface area contributed by atoms with E-state index in [1.807, 2.05) is 18.2 Å². The van der Waals surface area contributed by atoms with Crippen LogP contribution in [-0.2, 0) is 11.3 Å². The maximum atomic E-state index is 5.43. The lowest BCUT2D eigenvalue weighted by atomic mass is 10.1. The van der Waals surface area contributed by atoms with Crippen molar-refractivity contribution in [2.45, 2.75) is 6.42 Å². The molecule has 74 valence electrons. The first kappa shape index (κ1) is 9.71. The smallest absolute Gasteiger partial charge is 0.138 e. The highest BCUT2D eigenvalue weighted by molar-refractivity contribution is 9.10. The summed E-state index contributed by atoms with van der Waals surface area (Å²) < 4.78 is 6.41. The predicted octanol–water partition coefficient (Wildman–Crippen LogP) is 2.63. The lowest BCUT2D eigenvalue weighted by Gasteiger charge is -2.00. The van der Waals surface area contributed by atoms with E-state index >= 15 is 0 Å². The molecule has 2 rings (SSSR count). The summed E-state index contributed by atoms with van der Waals surface area (Å²) in [5.74, 6) is 4.99. The van der Waals surface area contributed by atoms with Crippen LogP contribution >= 0.6 is 15.9 Å². The van der Waals surface area contributed by atoms with Crippen molar-refractivity contribution >= 4 is 26.9 Å². The molecule has 14 heavy (non-hydrogen) atoms. The second-order valence-corrected chi connectivity index (χ2v) is 3.85. The number of hydrogen-bond acceptors (Lipinski definition) is 3. The Morgan fingerprint density at radius 2 is 2.29 bits per heavy atom. The molecule has 4 heteroatoms. The zero-order chi connectivity index (χ0) is 9.97. The van der Waals surface area contributed by atoms with Gasteiger partial charge in [0, 0.05) is 11.8 Å². The van der Waals surface area contributed by atoms with E-state index in [2.05, 4.69) is 20.8 Å². The van der Waals surface area contributed by atoms with Crippen molar-refractivity contribution in [3.8, 4) is 0 Å². The highest BCUT2D eigenvalue weighted by Crippen LogP contribution is 2.28. The second kappa shape index (κ2) is 4.13. The molecule has 2 N–H and O–H groups in total. The van der Waals surface area contributed by atoms with E-state index in [9.17, 15) is 0 Å². The average molecular weight is 256 g/mol. The SMILES string of the molecule is NOCCc1cccc2c(Br)coc12. The number of furan rings is 1. The van der Waals surface area contributed by atoms with E-state index in [0.29, 0.717) is 6.61 Å². The van der Waals surface area contributed by atoms with Crippen LogP contribution in [-0.4, -0.2) is 6.61 Å². The van der Waals surface area contributed by atoms with E-state index in [0.717, 1.165) is 27.4 Å². The molecule has 0 aliphatic heterocycles. The fourth-order valence-corrected chi connectivity index (χ4v) is 1.86. The monoisotopic (exact) mass is 255 g/mol. The van der Waals surface area contributed by atoms with Crippen molar-refractivity contribution in [3.05, 3.63) is 34.5 Å². The molecule has 0 atom stereocenters. The minimum absolute atomic E-state index is 0.497. The second-order valence-electron chi connectivity index (χ2n) is 3.00. The van der Waals surface area contributed by atoms with E-state index in [1.165, 1.54) is 0 Å². The lowest BCUT2D eigenvalue weighted by Crippen LogP contribution is -2.03. The zero-order valence-electron chi connectivity index (χ0n) is 7.50. The van der Waals surface area contributed by atoms with Crippen molar-refractivity contribution in [2.24, 2.45) is 5.90 Å². The van der Waals surface area contributed by atoms with Gasteiger partial charge in [-0.05, 0) is 27.6 Å². The molecule has 0 unspecified atom stereocenters. The van der Waals surface area contributed by atoms with Crippen molar-refractivity contribution < 1.29 is 9.25 Å². The molecule has 0 amide bonds. The Bertz CT molecular complexity index is 439. The molecule has 0 radical (unpaired) electrons. The molecule has 1 aromatic heterocycles. The van der Waals surface area contributed by atoms with Gasteiger partial charge in [0.15, 0.2) is 0 Å². The number of nitrogens with two attached hydrogens (primary N) is 1. The third-order valence-electron chi connectivity index (χ3n) is 2.12. The molecule has 0 saturated heterocycles. The van der Waals surface area contributed by atoms with Crippen LogP contribution in [0.15, 0.2) is 33.4 Å². The third kappa shape index (κ3) is 1.68. The van der Waals surface area contributed by atoms with Gasteiger partial charge in [0.05, 0.1) is 11.1 Å². The van der Waals surface area contributed by atoms with Crippen molar-refractivity contribution in [1.82, 2.24) is 0 Å². The summed E-state index contributed by atoms with van der Waals surface area (Å²) in [5.41, 5.74) is 2.01. The van der Waals surface area contributed by atoms with Crippen LogP contribution in [0.3, 0.4) is 0 Å². The van der Waals surface area contributed by atoms with Gasteiger partial charge in [-0.25, -0.2) is 5.90 Å². The summed E-state index contributed by atoms with van der Waals surface area (Å²) in [6.07, 6.45) is 2.45.